The summed E-state index contributed by atoms with van der Waals surface area (Å²) < 4.78 is 0. The number of hydrogen-bond acceptors (Lipinski definition) is 3. The molecule has 0 fully saturated rings. The Bertz CT molecular complexity index is 830. The van der Waals surface area contributed by atoms with E-state index in [0.29, 0.717) is 18.5 Å². The third-order valence-electron chi connectivity index (χ3n) is 3.86. The SMILES string of the molecule is O=C(NCCc1ccc(O)cc1)c1ccccc1Nc1ccccc1. The molecule has 4 nitrogen and oxygen atoms in total. The van der Waals surface area contributed by atoms with E-state index in [-0.39, 0.29) is 11.7 Å². The van der Waals surface area contributed by atoms with Gasteiger partial charge in [-0.05, 0) is 48.4 Å². The van der Waals surface area contributed by atoms with Crippen molar-refractivity contribution in [1.29, 1.82) is 0 Å². The number of amides is 1. The van der Waals surface area contributed by atoms with E-state index < -0.39 is 0 Å². The highest BCUT2D eigenvalue weighted by molar-refractivity contribution is 6.00. The molecule has 0 aliphatic rings. The van der Waals surface area contributed by atoms with E-state index in [1.807, 2.05) is 60.7 Å². The number of phenols is 1. The number of rotatable bonds is 6. The maximum Gasteiger partial charge on any atom is 0.253 e. The van der Waals surface area contributed by atoms with Gasteiger partial charge < -0.3 is 15.7 Å². The molecule has 3 N–H and O–H groups in total. The highest BCUT2D eigenvalue weighted by atomic mass is 16.3. The van der Waals surface area contributed by atoms with Crippen LogP contribution in [0.2, 0.25) is 0 Å². The number of anilines is 2. The molecule has 0 bridgehead atoms. The van der Waals surface area contributed by atoms with Crippen molar-refractivity contribution in [2.45, 2.75) is 6.42 Å². The second-order valence-corrected chi connectivity index (χ2v) is 5.71. The van der Waals surface area contributed by atoms with Gasteiger partial charge in [0.1, 0.15) is 5.75 Å². The van der Waals surface area contributed by atoms with Crippen LogP contribution < -0.4 is 10.6 Å². The lowest BCUT2D eigenvalue weighted by atomic mass is 10.1. The summed E-state index contributed by atoms with van der Waals surface area (Å²) >= 11 is 0. The first-order chi connectivity index (χ1) is 12.2. The first-order valence-electron chi connectivity index (χ1n) is 8.19. The minimum Gasteiger partial charge on any atom is -0.508 e. The summed E-state index contributed by atoms with van der Waals surface area (Å²) in [5, 5.41) is 15.5. The maximum atomic E-state index is 12.5. The van der Waals surface area contributed by atoms with Crippen LogP contribution in [0.1, 0.15) is 15.9 Å². The zero-order valence-electron chi connectivity index (χ0n) is 13.8. The topological polar surface area (TPSA) is 61.4 Å². The van der Waals surface area contributed by atoms with Gasteiger partial charge in [-0.25, -0.2) is 0 Å². The van der Waals surface area contributed by atoms with Gasteiger partial charge in [0.05, 0.1) is 11.3 Å². The first-order valence-corrected chi connectivity index (χ1v) is 8.19. The third-order valence-corrected chi connectivity index (χ3v) is 3.86. The molecule has 0 atom stereocenters. The fraction of sp³-hybridized carbons (Fsp3) is 0.0952. The van der Waals surface area contributed by atoms with E-state index >= 15 is 0 Å². The molecule has 3 aromatic carbocycles. The molecule has 4 heteroatoms. The Kier molecular flexibility index (Phi) is 5.32. The average Bonchev–Trinajstić information content (AvgIpc) is 2.64. The molecule has 0 unspecified atom stereocenters. The quantitative estimate of drug-likeness (QED) is 0.636. The van der Waals surface area contributed by atoms with Crippen molar-refractivity contribution in [3.8, 4) is 5.75 Å². The number of carbonyl (C=O) groups is 1. The van der Waals surface area contributed by atoms with Crippen LogP contribution in [0.3, 0.4) is 0 Å². The van der Waals surface area contributed by atoms with E-state index in [9.17, 15) is 9.90 Å². The van der Waals surface area contributed by atoms with Gasteiger partial charge in [0.15, 0.2) is 0 Å². The molecule has 1 amide bonds. The van der Waals surface area contributed by atoms with Gasteiger partial charge in [-0.1, -0.05) is 42.5 Å². The number of hydrogen-bond donors (Lipinski definition) is 3. The number of para-hydroxylation sites is 2. The van der Waals surface area contributed by atoms with Crippen LogP contribution in [0, 0.1) is 0 Å². The van der Waals surface area contributed by atoms with Crippen LogP contribution in [0.5, 0.6) is 5.75 Å². The highest BCUT2D eigenvalue weighted by Gasteiger charge is 2.10. The highest BCUT2D eigenvalue weighted by Crippen LogP contribution is 2.20. The fourth-order valence-electron chi connectivity index (χ4n) is 2.55. The van der Waals surface area contributed by atoms with Crippen LogP contribution >= 0.6 is 0 Å². The molecule has 126 valence electrons. The molecule has 3 rings (SSSR count). The predicted octanol–water partition coefficient (Wildman–Crippen LogP) is 4.11. The Morgan fingerprint density at radius 2 is 1.52 bits per heavy atom. The van der Waals surface area contributed by atoms with Crippen LogP contribution in [-0.4, -0.2) is 17.6 Å². The molecule has 3 aromatic rings. The number of aromatic hydroxyl groups is 1. The van der Waals surface area contributed by atoms with Crippen LogP contribution in [0.25, 0.3) is 0 Å². The molecule has 0 heterocycles. The third kappa shape index (κ3) is 4.61. The van der Waals surface area contributed by atoms with Gasteiger partial charge in [-0.15, -0.1) is 0 Å². The summed E-state index contributed by atoms with van der Waals surface area (Å²) in [7, 11) is 0. The van der Waals surface area contributed by atoms with E-state index in [2.05, 4.69) is 10.6 Å². The summed E-state index contributed by atoms with van der Waals surface area (Å²) in [5.74, 6) is 0.131. The lowest BCUT2D eigenvalue weighted by Crippen LogP contribution is -2.26. The van der Waals surface area contributed by atoms with Crippen molar-refractivity contribution < 1.29 is 9.90 Å². The molecular formula is C21H20N2O2. The number of phenolic OH excluding ortho intramolecular Hbond substituents is 1. The lowest BCUT2D eigenvalue weighted by Gasteiger charge is -2.12. The smallest absolute Gasteiger partial charge is 0.253 e. The Labute approximate surface area is 147 Å². The number of benzene rings is 3. The molecule has 0 radical (unpaired) electrons. The van der Waals surface area contributed by atoms with E-state index in [0.717, 1.165) is 16.9 Å². The Morgan fingerprint density at radius 3 is 2.28 bits per heavy atom. The Morgan fingerprint density at radius 1 is 0.840 bits per heavy atom. The largest absolute Gasteiger partial charge is 0.508 e. The summed E-state index contributed by atoms with van der Waals surface area (Å²) in [4.78, 5) is 12.5. The van der Waals surface area contributed by atoms with Crippen molar-refractivity contribution in [2.75, 3.05) is 11.9 Å². The minimum absolute atomic E-state index is 0.113. The number of carbonyl (C=O) groups excluding carboxylic acids is 1. The van der Waals surface area contributed by atoms with E-state index in [1.54, 1.807) is 18.2 Å². The zero-order valence-corrected chi connectivity index (χ0v) is 13.8. The molecule has 0 saturated heterocycles. The van der Waals surface area contributed by atoms with Crippen LogP contribution in [0.4, 0.5) is 11.4 Å². The Hall–Kier alpha value is -3.27. The zero-order chi connectivity index (χ0) is 17.5. The summed E-state index contributed by atoms with van der Waals surface area (Å²) in [6, 6.07) is 24.2. The first kappa shape index (κ1) is 16.6. The molecular weight excluding hydrogens is 312 g/mol. The normalized spacial score (nSPS) is 10.2. The van der Waals surface area contributed by atoms with Crippen molar-refractivity contribution in [2.24, 2.45) is 0 Å². The molecule has 25 heavy (non-hydrogen) atoms. The van der Waals surface area contributed by atoms with Crippen molar-refractivity contribution in [3.05, 3.63) is 90.0 Å². The van der Waals surface area contributed by atoms with Crippen LogP contribution in [0.15, 0.2) is 78.9 Å². The maximum absolute atomic E-state index is 12.5. The molecule has 0 spiro atoms. The van der Waals surface area contributed by atoms with E-state index in [4.69, 9.17) is 0 Å². The van der Waals surface area contributed by atoms with Crippen molar-refractivity contribution in [1.82, 2.24) is 5.32 Å². The average molecular weight is 332 g/mol. The van der Waals surface area contributed by atoms with Gasteiger partial charge in [0.2, 0.25) is 0 Å². The second kappa shape index (κ2) is 8.02. The van der Waals surface area contributed by atoms with Crippen molar-refractivity contribution >= 4 is 17.3 Å². The minimum atomic E-state index is -0.113. The van der Waals surface area contributed by atoms with Gasteiger partial charge in [0, 0.05) is 12.2 Å². The summed E-state index contributed by atoms with van der Waals surface area (Å²) in [6.07, 6.45) is 0.709. The molecule has 0 aliphatic heterocycles. The fourth-order valence-corrected chi connectivity index (χ4v) is 2.55. The summed E-state index contributed by atoms with van der Waals surface area (Å²) in [6.45, 7) is 0.531. The lowest BCUT2D eigenvalue weighted by molar-refractivity contribution is 0.0955. The van der Waals surface area contributed by atoms with Gasteiger partial charge in [-0.2, -0.15) is 0 Å². The monoisotopic (exact) mass is 332 g/mol. The molecule has 0 saturated carbocycles. The molecule has 0 aromatic heterocycles. The van der Waals surface area contributed by atoms with Crippen molar-refractivity contribution in [3.63, 3.8) is 0 Å². The predicted molar refractivity (Wildman–Crippen MR) is 100 cm³/mol. The van der Waals surface area contributed by atoms with Gasteiger partial charge in [0.25, 0.3) is 5.91 Å². The summed E-state index contributed by atoms with van der Waals surface area (Å²) in [5.41, 5.74) is 3.38. The van der Waals surface area contributed by atoms with Gasteiger partial charge >= 0.3 is 0 Å². The number of nitrogens with one attached hydrogen (secondary N) is 2. The van der Waals surface area contributed by atoms with Gasteiger partial charge in [-0.3, -0.25) is 4.79 Å². The second-order valence-electron chi connectivity index (χ2n) is 5.71. The standard InChI is InChI=1S/C21H20N2O2/c24-18-12-10-16(11-13-18)14-15-22-21(25)19-8-4-5-9-20(19)23-17-6-2-1-3-7-17/h1-13,23-24H,14-15H2,(H,22,25). The molecule has 0 aliphatic carbocycles. The Balaban J connectivity index is 1.63. The van der Waals surface area contributed by atoms with Crippen LogP contribution in [-0.2, 0) is 6.42 Å². The van der Waals surface area contributed by atoms with E-state index in [1.165, 1.54) is 0 Å².